The summed E-state index contributed by atoms with van der Waals surface area (Å²) in [7, 11) is 0. The number of anilines is 2. The number of hydrogen-bond donors (Lipinski definition) is 2. The number of benzene rings is 3. The Balaban J connectivity index is 1.42. The summed E-state index contributed by atoms with van der Waals surface area (Å²) in [5.74, 6) is 0.0334. The largest absolute Gasteiger partial charge is 0.494 e. The minimum absolute atomic E-state index is 0.169. The van der Waals surface area contributed by atoms with Gasteiger partial charge in [0.05, 0.1) is 21.7 Å². The fourth-order valence-corrected chi connectivity index (χ4v) is 5.48. The van der Waals surface area contributed by atoms with Gasteiger partial charge in [0, 0.05) is 11.4 Å². The molecule has 3 aromatic carbocycles. The van der Waals surface area contributed by atoms with Crippen LogP contribution in [0.25, 0.3) is 6.08 Å². The van der Waals surface area contributed by atoms with Crippen molar-refractivity contribution in [3.8, 4) is 17.2 Å². The molecule has 0 aromatic heterocycles. The average molecular weight is 702 g/mol. The second-order valence-corrected chi connectivity index (χ2v) is 10.9. The van der Waals surface area contributed by atoms with Gasteiger partial charge in [-0.1, -0.05) is 18.2 Å². The predicted molar refractivity (Wildman–Crippen MR) is 170 cm³/mol. The van der Waals surface area contributed by atoms with E-state index >= 15 is 0 Å². The van der Waals surface area contributed by atoms with E-state index in [4.69, 9.17) is 14.2 Å². The van der Waals surface area contributed by atoms with Crippen LogP contribution in [-0.2, 0) is 14.4 Å². The van der Waals surface area contributed by atoms with Crippen molar-refractivity contribution in [1.29, 1.82) is 0 Å². The van der Waals surface area contributed by atoms with E-state index in [9.17, 15) is 19.2 Å². The zero-order chi connectivity index (χ0) is 30.1. The van der Waals surface area contributed by atoms with E-state index in [0.29, 0.717) is 51.0 Å². The number of para-hydroxylation sites is 1. The molecule has 10 nitrogen and oxygen atoms in total. The van der Waals surface area contributed by atoms with Gasteiger partial charge in [-0.25, -0.2) is 0 Å². The molecule has 12 heteroatoms. The average Bonchev–Trinajstić information content (AvgIpc) is 3.21. The molecule has 218 valence electrons. The van der Waals surface area contributed by atoms with Gasteiger partial charge >= 0.3 is 0 Å². The fourth-order valence-electron chi connectivity index (χ4n) is 3.86. The fraction of sp³-hybridized carbons (Fsp3) is 0.200. The first-order valence-electron chi connectivity index (χ1n) is 13.0. The molecule has 0 bridgehead atoms. The number of ether oxygens (including phenoxy) is 3. The Bertz CT molecular complexity index is 1500. The lowest BCUT2D eigenvalue weighted by atomic mass is 10.2. The van der Waals surface area contributed by atoms with Crippen molar-refractivity contribution < 1.29 is 33.4 Å². The van der Waals surface area contributed by atoms with Crippen LogP contribution in [-0.4, -0.2) is 54.2 Å². The lowest BCUT2D eigenvalue weighted by molar-refractivity contribution is -0.127. The number of amides is 4. The summed E-state index contributed by atoms with van der Waals surface area (Å²) in [4.78, 5) is 51.7. The van der Waals surface area contributed by atoms with E-state index in [1.807, 2.05) is 32.0 Å². The zero-order valence-electron chi connectivity index (χ0n) is 22.8. The molecule has 0 radical (unpaired) electrons. The lowest BCUT2D eigenvalue weighted by Crippen LogP contribution is -2.36. The summed E-state index contributed by atoms with van der Waals surface area (Å²) >= 11 is 2.81. The molecule has 4 amide bonds. The zero-order valence-corrected chi connectivity index (χ0v) is 25.8. The van der Waals surface area contributed by atoms with Crippen molar-refractivity contribution in [1.82, 2.24) is 4.90 Å². The van der Waals surface area contributed by atoms with E-state index < -0.39 is 23.6 Å². The first-order valence-corrected chi connectivity index (χ1v) is 14.9. The van der Waals surface area contributed by atoms with Gasteiger partial charge < -0.3 is 24.8 Å². The number of nitrogens with zero attached hydrogens (tertiary/aromatic N) is 1. The Morgan fingerprint density at radius 1 is 0.881 bits per heavy atom. The first-order chi connectivity index (χ1) is 20.3. The van der Waals surface area contributed by atoms with Crippen molar-refractivity contribution in [2.75, 3.05) is 37.0 Å². The maximum Gasteiger partial charge on any atom is 0.294 e. The van der Waals surface area contributed by atoms with Crippen LogP contribution in [0.2, 0.25) is 0 Å². The SMILES string of the molecule is CCOc1ccc(NC(=O)CN2C(=O)S/C(=C/c3cc(I)c(OCC(=O)Nc4ccccc4)c(OCC)c3)C2=O)cc1. The molecule has 0 aliphatic carbocycles. The van der Waals surface area contributed by atoms with Crippen molar-refractivity contribution in [2.24, 2.45) is 0 Å². The standard InChI is InChI=1S/C30H28IN3O7S/c1-3-39-22-12-10-21(11-13-22)32-26(35)17-34-29(37)25(42-30(34)38)16-19-14-23(31)28(24(15-19)40-4-2)41-18-27(36)33-20-8-6-5-7-9-20/h5-16H,3-4,17-18H2,1-2H3,(H,32,35)(H,33,36)/b25-16+. The minimum atomic E-state index is -0.572. The molecule has 0 atom stereocenters. The van der Waals surface area contributed by atoms with Crippen LogP contribution in [0.1, 0.15) is 19.4 Å². The van der Waals surface area contributed by atoms with Crippen molar-refractivity contribution >= 4 is 74.8 Å². The number of hydrogen-bond acceptors (Lipinski definition) is 8. The predicted octanol–water partition coefficient (Wildman–Crippen LogP) is 5.78. The molecule has 1 fully saturated rings. The molecule has 4 rings (SSSR count). The van der Waals surface area contributed by atoms with Crippen LogP contribution >= 0.6 is 34.4 Å². The van der Waals surface area contributed by atoms with E-state index in [-0.39, 0.29) is 17.4 Å². The third-order valence-corrected chi connectivity index (χ3v) is 7.37. The Kier molecular flexibility index (Phi) is 10.8. The number of nitrogens with one attached hydrogen (secondary N) is 2. The van der Waals surface area contributed by atoms with Crippen LogP contribution in [0.3, 0.4) is 0 Å². The Morgan fingerprint density at radius 3 is 2.24 bits per heavy atom. The van der Waals surface area contributed by atoms with Crippen LogP contribution in [0.15, 0.2) is 71.6 Å². The van der Waals surface area contributed by atoms with Crippen LogP contribution in [0.5, 0.6) is 17.2 Å². The van der Waals surface area contributed by atoms with E-state index in [2.05, 4.69) is 33.2 Å². The van der Waals surface area contributed by atoms with Gasteiger partial charge in [-0.05, 0) is 108 Å². The van der Waals surface area contributed by atoms with Crippen LogP contribution in [0.4, 0.5) is 16.2 Å². The Hall–Kier alpha value is -4.04. The highest BCUT2D eigenvalue weighted by atomic mass is 127. The van der Waals surface area contributed by atoms with Gasteiger partial charge in [-0.15, -0.1) is 0 Å². The molecular weight excluding hydrogens is 673 g/mol. The molecule has 1 heterocycles. The number of thioether (sulfide) groups is 1. The molecule has 2 N–H and O–H groups in total. The lowest BCUT2D eigenvalue weighted by Gasteiger charge is -2.15. The quantitative estimate of drug-likeness (QED) is 0.180. The molecule has 0 unspecified atom stereocenters. The Labute approximate surface area is 260 Å². The highest BCUT2D eigenvalue weighted by Crippen LogP contribution is 2.37. The highest BCUT2D eigenvalue weighted by molar-refractivity contribution is 14.1. The summed E-state index contributed by atoms with van der Waals surface area (Å²) in [6, 6.07) is 19.3. The smallest absolute Gasteiger partial charge is 0.294 e. The second-order valence-electron chi connectivity index (χ2n) is 8.74. The maximum absolute atomic E-state index is 13.0. The summed E-state index contributed by atoms with van der Waals surface area (Å²) in [5.41, 5.74) is 1.76. The Morgan fingerprint density at radius 2 is 1.55 bits per heavy atom. The summed E-state index contributed by atoms with van der Waals surface area (Å²) in [5, 5.41) is 4.90. The molecule has 1 saturated heterocycles. The maximum atomic E-state index is 13.0. The molecule has 0 saturated carbocycles. The first kappa shape index (κ1) is 30.9. The topological polar surface area (TPSA) is 123 Å². The van der Waals surface area contributed by atoms with Crippen LogP contribution in [0, 0.1) is 3.57 Å². The van der Waals surface area contributed by atoms with Gasteiger partial charge in [0.2, 0.25) is 5.91 Å². The number of carbonyl (C=O) groups excluding carboxylic acids is 4. The van der Waals surface area contributed by atoms with E-state index in [1.54, 1.807) is 54.6 Å². The molecule has 3 aromatic rings. The van der Waals surface area contributed by atoms with Crippen LogP contribution < -0.4 is 24.8 Å². The minimum Gasteiger partial charge on any atom is -0.494 e. The number of imide groups is 1. The third-order valence-electron chi connectivity index (χ3n) is 5.66. The third kappa shape index (κ3) is 8.26. The molecule has 1 aliphatic rings. The van der Waals surface area contributed by atoms with Gasteiger partial charge in [0.15, 0.2) is 18.1 Å². The second kappa shape index (κ2) is 14.7. The molecular formula is C30H28IN3O7S. The van der Waals surface area contributed by atoms with Gasteiger partial charge in [0.1, 0.15) is 12.3 Å². The monoisotopic (exact) mass is 701 g/mol. The van der Waals surface area contributed by atoms with E-state index in [0.717, 1.165) is 16.7 Å². The molecule has 0 spiro atoms. The summed E-state index contributed by atoms with van der Waals surface area (Å²) in [6.45, 7) is 3.90. The van der Waals surface area contributed by atoms with E-state index in [1.165, 1.54) is 0 Å². The van der Waals surface area contributed by atoms with Crippen molar-refractivity contribution in [3.63, 3.8) is 0 Å². The number of rotatable bonds is 12. The van der Waals surface area contributed by atoms with Gasteiger partial charge in [-0.2, -0.15) is 0 Å². The molecule has 1 aliphatic heterocycles. The normalized spacial score (nSPS) is 13.7. The number of carbonyl (C=O) groups is 4. The van der Waals surface area contributed by atoms with Gasteiger partial charge in [0.25, 0.3) is 17.1 Å². The summed E-state index contributed by atoms with van der Waals surface area (Å²) in [6.07, 6.45) is 1.56. The highest BCUT2D eigenvalue weighted by Gasteiger charge is 2.36. The molecule has 42 heavy (non-hydrogen) atoms. The van der Waals surface area contributed by atoms with Crippen molar-refractivity contribution in [3.05, 3.63) is 80.8 Å². The number of halogens is 1. The van der Waals surface area contributed by atoms with Gasteiger partial charge in [-0.3, -0.25) is 24.1 Å². The van der Waals surface area contributed by atoms with Crippen molar-refractivity contribution in [2.45, 2.75) is 13.8 Å². The summed E-state index contributed by atoms with van der Waals surface area (Å²) < 4.78 is 17.6.